The number of rotatable bonds is 3. The first kappa shape index (κ1) is 16.3. The van der Waals surface area contributed by atoms with Crippen molar-refractivity contribution in [2.75, 3.05) is 26.2 Å². The molecule has 2 atom stereocenters. The summed E-state index contributed by atoms with van der Waals surface area (Å²) in [6.07, 6.45) is 4.64. The second-order valence-electron chi connectivity index (χ2n) is 7.42. The molecule has 0 unspecified atom stereocenters. The highest BCUT2D eigenvalue weighted by atomic mass is 16.5. The van der Waals surface area contributed by atoms with Gasteiger partial charge in [-0.2, -0.15) is 0 Å². The maximum atomic E-state index is 12.7. The molecule has 0 spiro atoms. The standard InChI is InChI=1S/C18H25N5O2/c1-12-16(13(2)25-20-12)11-22-6-4-14-9-23(10-15(14)8-22)18(24)17-19-5-7-21(17)3/h5,7,14-15H,4,6,8-11H2,1-3H3/t14-,15+/m1/s1. The van der Waals surface area contributed by atoms with Crippen molar-refractivity contribution in [3.8, 4) is 0 Å². The number of carbonyl (C=O) groups excluding carboxylic acids is 1. The number of amides is 1. The van der Waals surface area contributed by atoms with E-state index in [1.165, 1.54) is 5.56 Å². The van der Waals surface area contributed by atoms with Gasteiger partial charge in [0.2, 0.25) is 0 Å². The number of aromatic nitrogens is 3. The minimum absolute atomic E-state index is 0.0548. The number of hydrogen-bond donors (Lipinski definition) is 0. The minimum atomic E-state index is 0.0548. The van der Waals surface area contributed by atoms with Crippen LogP contribution in [0.25, 0.3) is 0 Å². The van der Waals surface area contributed by atoms with Crippen molar-refractivity contribution < 1.29 is 9.32 Å². The molecule has 2 fully saturated rings. The monoisotopic (exact) mass is 343 g/mol. The van der Waals surface area contributed by atoms with Gasteiger partial charge >= 0.3 is 0 Å². The van der Waals surface area contributed by atoms with E-state index in [0.717, 1.165) is 50.6 Å². The van der Waals surface area contributed by atoms with Gasteiger partial charge in [0, 0.05) is 51.2 Å². The maximum Gasteiger partial charge on any atom is 0.289 e. The van der Waals surface area contributed by atoms with E-state index in [0.29, 0.717) is 17.7 Å². The average molecular weight is 343 g/mol. The number of nitrogens with zero attached hydrogens (tertiary/aromatic N) is 5. The summed E-state index contributed by atoms with van der Waals surface area (Å²) in [6.45, 7) is 8.64. The van der Waals surface area contributed by atoms with Gasteiger partial charge in [-0.25, -0.2) is 4.98 Å². The van der Waals surface area contributed by atoms with E-state index >= 15 is 0 Å². The Labute approximate surface area is 147 Å². The molecule has 7 heteroatoms. The van der Waals surface area contributed by atoms with Gasteiger partial charge < -0.3 is 14.0 Å². The molecule has 4 heterocycles. The number of carbonyl (C=O) groups is 1. The molecule has 134 valence electrons. The maximum absolute atomic E-state index is 12.7. The molecular weight excluding hydrogens is 318 g/mol. The molecule has 2 aromatic rings. The van der Waals surface area contributed by atoms with E-state index in [1.54, 1.807) is 10.8 Å². The topological polar surface area (TPSA) is 67.4 Å². The Hall–Kier alpha value is -2.15. The van der Waals surface area contributed by atoms with Gasteiger partial charge in [-0.05, 0) is 38.6 Å². The summed E-state index contributed by atoms with van der Waals surface area (Å²) in [5, 5.41) is 4.06. The van der Waals surface area contributed by atoms with Crippen molar-refractivity contribution in [2.45, 2.75) is 26.8 Å². The van der Waals surface area contributed by atoms with Gasteiger partial charge in [0.1, 0.15) is 5.76 Å². The molecule has 0 aromatic carbocycles. The van der Waals surface area contributed by atoms with Crippen molar-refractivity contribution in [2.24, 2.45) is 18.9 Å². The van der Waals surface area contributed by atoms with E-state index in [4.69, 9.17) is 4.52 Å². The Morgan fingerprint density at radius 1 is 1.28 bits per heavy atom. The third-order valence-corrected chi connectivity index (χ3v) is 5.75. The molecule has 0 saturated carbocycles. The first-order chi connectivity index (χ1) is 12.0. The highest BCUT2D eigenvalue weighted by molar-refractivity contribution is 5.91. The van der Waals surface area contributed by atoms with Gasteiger partial charge in [-0.3, -0.25) is 9.69 Å². The molecule has 2 aromatic heterocycles. The van der Waals surface area contributed by atoms with Crippen molar-refractivity contribution in [3.05, 3.63) is 35.2 Å². The van der Waals surface area contributed by atoms with Crippen molar-refractivity contribution in [3.63, 3.8) is 0 Å². The largest absolute Gasteiger partial charge is 0.361 e. The molecule has 2 aliphatic heterocycles. The van der Waals surface area contributed by atoms with Crippen molar-refractivity contribution in [1.29, 1.82) is 0 Å². The fraction of sp³-hybridized carbons (Fsp3) is 0.611. The van der Waals surface area contributed by atoms with E-state index in [-0.39, 0.29) is 5.91 Å². The van der Waals surface area contributed by atoms with E-state index in [1.807, 2.05) is 32.0 Å². The fourth-order valence-corrected chi connectivity index (χ4v) is 4.22. The highest BCUT2D eigenvalue weighted by Gasteiger charge is 2.39. The van der Waals surface area contributed by atoms with Gasteiger partial charge in [-0.15, -0.1) is 0 Å². The highest BCUT2D eigenvalue weighted by Crippen LogP contribution is 2.32. The predicted octanol–water partition coefficient (Wildman–Crippen LogP) is 1.62. The summed E-state index contributed by atoms with van der Waals surface area (Å²) < 4.78 is 7.09. The van der Waals surface area contributed by atoms with Gasteiger partial charge in [-0.1, -0.05) is 5.16 Å². The Balaban J connectivity index is 1.41. The summed E-state index contributed by atoms with van der Waals surface area (Å²) in [5.74, 6) is 2.65. The van der Waals surface area contributed by atoms with Crippen LogP contribution in [0.15, 0.2) is 16.9 Å². The van der Waals surface area contributed by atoms with Crippen molar-refractivity contribution in [1.82, 2.24) is 24.5 Å². The van der Waals surface area contributed by atoms with Crippen LogP contribution in [0.1, 0.15) is 34.1 Å². The zero-order valence-corrected chi connectivity index (χ0v) is 15.1. The Morgan fingerprint density at radius 2 is 2.08 bits per heavy atom. The number of hydrogen-bond acceptors (Lipinski definition) is 5. The van der Waals surface area contributed by atoms with Crippen LogP contribution in [0.4, 0.5) is 0 Å². The Bertz CT molecular complexity index is 761. The van der Waals surface area contributed by atoms with Gasteiger partial charge in [0.15, 0.2) is 5.82 Å². The summed E-state index contributed by atoms with van der Waals surface area (Å²) in [5.41, 5.74) is 2.19. The number of aryl methyl sites for hydroxylation is 3. The average Bonchev–Trinajstić information content (AvgIpc) is 3.28. The predicted molar refractivity (Wildman–Crippen MR) is 92.0 cm³/mol. The van der Waals surface area contributed by atoms with Gasteiger partial charge in [0.25, 0.3) is 5.91 Å². The quantitative estimate of drug-likeness (QED) is 0.847. The lowest BCUT2D eigenvalue weighted by Gasteiger charge is -2.34. The van der Waals surface area contributed by atoms with Crippen molar-refractivity contribution >= 4 is 5.91 Å². The van der Waals surface area contributed by atoms with Crippen LogP contribution in [0.2, 0.25) is 0 Å². The molecule has 0 aliphatic carbocycles. The third kappa shape index (κ3) is 2.97. The molecule has 2 aliphatic rings. The van der Waals surface area contributed by atoms with E-state index < -0.39 is 0 Å². The molecule has 7 nitrogen and oxygen atoms in total. The summed E-state index contributed by atoms with van der Waals surface area (Å²) in [4.78, 5) is 21.4. The lowest BCUT2D eigenvalue weighted by atomic mass is 9.88. The molecular formula is C18H25N5O2. The summed E-state index contributed by atoms with van der Waals surface area (Å²) in [6, 6.07) is 0. The molecule has 2 saturated heterocycles. The molecule has 0 bridgehead atoms. The molecule has 0 N–H and O–H groups in total. The van der Waals surface area contributed by atoms with Crippen LogP contribution >= 0.6 is 0 Å². The molecule has 25 heavy (non-hydrogen) atoms. The number of piperidine rings is 1. The number of likely N-dealkylation sites (tertiary alicyclic amines) is 2. The Morgan fingerprint density at radius 3 is 2.76 bits per heavy atom. The lowest BCUT2D eigenvalue weighted by Crippen LogP contribution is -2.39. The second kappa shape index (κ2) is 6.29. The zero-order valence-electron chi connectivity index (χ0n) is 15.1. The minimum Gasteiger partial charge on any atom is -0.361 e. The molecule has 1 amide bonds. The van der Waals surface area contributed by atoms with Crippen LogP contribution in [-0.4, -0.2) is 56.6 Å². The first-order valence-electron chi connectivity index (χ1n) is 8.93. The SMILES string of the molecule is Cc1noc(C)c1CN1CC[C@@H]2CN(C(=O)c3nccn3C)C[C@@H]2C1. The normalized spacial score (nSPS) is 23.9. The van der Waals surface area contributed by atoms with Crippen LogP contribution < -0.4 is 0 Å². The van der Waals surface area contributed by atoms with Crippen LogP contribution in [0, 0.1) is 25.7 Å². The van der Waals surface area contributed by atoms with Crippen LogP contribution in [-0.2, 0) is 13.6 Å². The molecule has 4 rings (SSSR count). The first-order valence-corrected chi connectivity index (χ1v) is 8.93. The zero-order chi connectivity index (χ0) is 17.6. The smallest absolute Gasteiger partial charge is 0.289 e. The number of imidazole rings is 1. The fourth-order valence-electron chi connectivity index (χ4n) is 4.22. The lowest BCUT2D eigenvalue weighted by molar-refractivity contribution is 0.0768. The second-order valence-corrected chi connectivity index (χ2v) is 7.42. The number of fused-ring (bicyclic) bond motifs is 1. The molecule has 0 radical (unpaired) electrons. The van der Waals surface area contributed by atoms with E-state index in [2.05, 4.69) is 15.0 Å². The summed E-state index contributed by atoms with van der Waals surface area (Å²) >= 11 is 0. The third-order valence-electron chi connectivity index (χ3n) is 5.75. The van der Waals surface area contributed by atoms with Crippen LogP contribution in [0.3, 0.4) is 0 Å². The van der Waals surface area contributed by atoms with E-state index in [9.17, 15) is 4.79 Å². The Kier molecular flexibility index (Phi) is 4.11. The summed E-state index contributed by atoms with van der Waals surface area (Å²) in [7, 11) is 1.87. The van der Waals surface area contributed by atoms with Crippen LogP contribution in [0.5, 0.6) is 0 Å². The van der Waals surface area contributed by atoms with Gasteiger partial charge in [0.05, 0.1) is 5.69 Å².